The number of ether oxygens (including phenoxy) is 1. The minimum atomic E-state index is 0. The molecule has 2 aromatic heterocycles. The predicted molar refractivity (Wildman–Crippen MR) is 105 cm³/mol. The zero-order valence-electron chi connectivity index (χ0n) is 13.8. The van der Waals surface area contributed by atoms with Crippen molar-refractivity contribution in [2.75, 3.05) is 0 Å². The van der Waals surface area contributed by atoms with Gasteiger partial charge in [-0.3, -0.25) is 0 Å². The Morgan fingerprint density at radius 1 is 0.923 bits per heavy atom. The molecule has 0 aliphatic heterocycles. The average molecular weight is 375 g/mol. The van der Waals surface area contributed by atoms with Gasteiger partial charge in [-0.15, -0.1) is 0 Å². The number of para-hydroxylation sites is 3. The molecule has 2 aromatic carbocycles. The fraction of sp³-hybridized carbons (Fsp3) is 0.105. The number of benzene rings is 2. The van der Waals surface area contributed by atoms with Crippen LogP contribution in [-0.2, 0) is 0 Å². The van der Waals surface area contributed by atoms with E-state index in [1.165, 1.54) is 0 Å². The molecule has 0 saturated heterocycles. The molecule has 0 atom stereocenters. The van der Waals surface area contributed by atoms with Gasteiger partial charge < -0.3 is 4.74 Å². The number of aryl methyl sites for hydroxylation is 2. The topological polar surface area (TPSA) is 52.8 Å². The molecule has 0 spiro atoms. The van der Waals surface area contributed by atoms with E-state index in [0.717, 1.165) is 27.9 Å². The second-order valence-corrected chi connectivity index (χ2v) is 6.06. The van der Waals surface area contributed by atoms with Crippen LogP contribution in [0.25, 0.3) is 16.9 Å². The van der Waals surface area contributed by atoms with Gasteiger partial charge in [0.1, 0.15) is 11.6 Å². The molecule has 0 bridgehead atoms. The van der Waals surface area contributed by atoms with E-state index in [-0.39, 0.29) is 34.8 Å². The van der Waals surface area contributed by atoms with E-state index in [1.54, 1.807) is 12.3 Å². The zero-order valence-corrected chi connectivity index (χ0v) is 14.5. The third-order valence-electron chi connectivity index (χ3n) is 3.97. The molecule has 4 rings (SSSR count). The Morgan fingerprint density at radius 2 is 1.65 bits per heavy atom. The Labute approximate surface area is 178 Å². The fourth-order valence-electron chi connectivity index (χ4n) is 2.80. The molecular weight excluding hydrogens is 359 g/mol. The van der Waals surface area contributed by atoms with Crippen LogP contribution in [0.4, 0.5) is 0 Å². The van der Waals surface area contributed by atoms with Crippen LogP contribution in [0.1, 0.15) is 11.1 Å². The first kappa shape index (κ1) is 18.9. The van der Waals surface area contributed by atoms with Crippen LogP contribution in [0.15, 0.2) is 54.7 Å². The summed E-state index contributed by atoms with van der Waals surface area (Å²) in [6.45, 7) is 4.02. The summed E-state index contributed by atoms with van der Waals surface area (Å²) in [6.07, 6.45) is 1.61. The van der Waals surface area contributed by atoms with Crippen LogP contribution in [-0.4, -0.2) is 49.1 Å². The van der Waals surface area contributed by atoms with Gasteiger partial charge in [-0.05, 0) is 48.7 Å². The molecule has 0 aliphatic carbocycles. The minimum absolute atomic E-state index is 0. The van der Waals surface area contributed by atoms with E-state index < -0.39 is 0 Å². The number of imidazole rings is 1. The van der Waals surface area contributed by atoms with Crippen molar-refractivity contribution in [1.82, 2.24) is 19.5 Å². The molecule has 7 heteroatoms. The van der Waals surface area contributed by atoms with Crippen molar-refractivity contribution in [3.8, 4) is 17.6 Å². The molecule has 0 N–H and O–H groups in total. The molecular formula is C19H16ClN4NaO. The van der Waals surface area contributed by atoms with Crippen LogP contribution < -0.4 is 4.74 Å². The molecule has 0 fully saturated rings. The van der Waals surface area contributed by atoms with Crippen molar-refractivity contribution in [1.29, 1.82) is 0 Å². The van der Waals surface area contributed by atoms with Crippen molar-refractivity contribution < 1.29 is 4.74 Å². The Hall–Kier alpha value is -1.92. The standard InChI is InChI=1S/C19H15ClN4O.Na.H/c1-12-6-5-7-13(2)17(12)25-19-22-14-8-3-4-9-15(14)24(19)16-10-11-21-18(20)23-16;;/h3-11H,1-2H3;;. The SMILES string of the molecule is Cc1cccc(C)c1Oc1nc2ccccc2n1-c1ccnc(Cl)n1.[NaH]. The van der Waals surface area contributed by atoms with Crippen LogP contribution in [0.5, 0.6) is 11.8 Å². The van der Waals surface area contributed by atoms with Crippen molar-refractivity contribution in [3.63, 3.8) is 0 Å². The number of halogens is 1. The number of aromatic nitrogens is 4. The molecule has 4 aromatic rings. The van der Waals surface area contributed by atoms with Gasteiger partial charge in [0.05, 0.1) is 11.0 Å². The van der Waals surface area contributed by atoms with Gasteiger partial charge in [0.25, 0.3) is 0 Å². The monoisotopic (exact) mass is 374 g/mol. The number of nitrogens with zero attached hydrogens (tertiary/aromatic N) is 4. The predicted octanol–water partition coefficient (Wildman–Crippen LogP) is 4.23. The molecule has 0 amide bonds. The molecule has 0 unspecified atom stereocenters. The van der Waals surface area contributed by atoms with Crippen molar-refractivity contribution in [2.24, 2.45) is 0 Å². The second-order valence-electron chi connectivity index (χ2n) is 5.73. The van der Waals surface area contributed by atoms with Crippen LogP contribution in [0.3, 0.4) is 0 Å². The van der Waals surface area contributed by atoms with E-state index in [4.69, 9.17) is 16.3 Å². The molecule has 126 valence electrons. The summed E-state index contributed by atoms with van der Waals surface area (Å²) in [5.41, 5.74) is 3.79. The Balaban J connectivity index is 0.00000196. The van der Waals surface area contributed by atoms with E-state index in [2.05, 4.69) is 15.0 Å². The van der Waals surface area contributed by atoms with Gasteiger partial charge in [-0.1, -0.05) is 30.3 Å². The van der Waals surface area contributed by atoms with Crippen LogP contribution in [0, 0.1) is 13.8 Å². The third-order valence-corrected chi connectivity index (χ3v) is 4.15. The summed E-state index contributed by atoms with van der Waals surface area (Å²) in [4.78, 5) is 12.9. The molecule has 26 heavy (non-hydrogen) atoms. The van der Waals surface area contributed by atoms with Gasteiger partial charge in [-0.2, -0.15) is 9.97 Å². The first-order chi connectivity index (χ1) is 12.1. The van der Waals surface area contributed by atoms with E-state index in [9.17, 15) is 0 Å². The fourth-order valence-corrected chi connectivity index (χ4v) is 2.94. The third kappa shape index (κ3) is 3.48. The van der Waals surface area contributed by atoms with Crippen molar-refractivity contribution in [2.45, 2.75) is 13.8 Å². The first-order valence-electron chi connectivity index (χ1n) is 7.84. The maximum atomic E-state index is 6.20. The summed E-state index contributed by atoms with van der Waals surface area (Å²) in [5.74, 6) is 1.40. The van der Waals surface area contributed by atoms with E-state index in [1.807, 2.05) is 60.9 Å². The van der Waals surface area contributed by atoms with Gasteiger partial charge in [0.15, 0.2) is 0 Å². The van der Waals surface area contributed by atoms with Crippen molar-refractivity contribution in [3.05, 3.63) is 71.1 Å². The Kier molecular flexibility index (Phi) is 5.63. The van der Waals surface area contributed by atoms with E-state index >= 15 is 0 Å². The Morgan fingerprint density at radius 3 is 2.38 bits per heavy atom. The van der Waals surface area contributed by atoms with Gasteiger partial charge in [0.2, 0.25) is 5.28 Å². The molecule has 0 radical (unpaired) electrons. The average Bonchev–Trinajstić information content (AvgIpc) is 2.96. The molecule has 0 aliphatic rings. The number of rotatable bonds is 3. The van der Waals surface area contributed by atoms with Crippen LogP contribution in [0.2, 0.25) is 5.28 Å². The Bertz CT molecular complexity index is 1060. The molecule has 5 nitrogen and oxygen atoms in total. The molecule has 0 saturated carbocycles. The normalized spacial score (nSPS) is 10.6. The zero-order chi connectivity index (χ0) is 17.4. The number of fused-ring (bicyclic) bond motifs is 1. The summed E-state index contributed by atoms with van der Waals surface area (Å²) in [7, 11) is 0. The van der Waals surface area contributed by atoms with Gasteiger partial charge in [0, 0.05) is 12.3 Å². The van der Waals surface area contributed by atoms with Crippen molar-refractivity contribution >= 4 is 52.2 Å². The van der Waals surface area contributed by atoms with Gasteiger partial charge in [-0.25, -0.2) is 9.55 Å². The maximum absolute atomic E-state index is 6.20. The first-order valence-corrected chi connectivity index (χ1v) is 8.22. The van der Waals surface area contributed by atoms with E-state index in [0.29, 0.717) is 11.8 Å². The molecule has 2 heterocycles. The van der Waals surface area contributed by atoms with Crippen LogP contribution >= 0.6 is 11.6 Å². The quantitative estimate of drug-likeness (QED) is 0.398. The summed E-state index contributed by atoms with van der Waals surface area (Å²) in [5, 5.41) is 0.174. The van der Waals surface area contributed by atoms with Gasteiger partial charge >= 0.3 is 35.6 Å². The number of hydrogen-bond donors (Lipinski definition) is 0. The summed E-state index contributed by atoms with van der Waals surface area (Å²) in [6, 6.07) is 16.0. The summed E-state index contributed by atoms with van der Waals surface area (Å²) >= 11 is 5.98. The second kappa shape index (κ2) is 7.76. The summed E-state index contributed by atoms with van der Waals surface area (Å²) < 4.78 is 8.04. The number of hydrogen-bond acceptors (Lipinski definition) is 4.